The summed E-state index contributed by atoms with van der Waals surface area (Å²) in [6.45, 7) is 11.0. The largest absolute Gasteiger partial charge is 0.367 e. The maximum atomic E-state index is 4.50. The van der Waals surface area contributed by atoms with Gasteiger partial charge in [-0.15, -0.1) is 0 Å². The summed E-state index contributed by atoms with van der Waals surface area (Å²) in [6.07, 6.45) is 4.37. The molecule has 2 rings (SSSR count). The van der Waals surface area contributed by atoms with Crippen molar-refractivity contribution in [2.75, 3.05) is 31.6 Å². The minimum atomic E-state index is 0.491. The lowest BCUT2D eigenvalue weighted by molar-refractivity contribution is 0.328. The van der Waals surface area contributed by atoms with Crippen molar-refractivity contribution in [3.05, 3.63) is 24.0 Å². The number of anilines is 1. The zero-order valence-electron chi connectivity index (χ0n) is 14.0. The fourth-order valence-corrected chi connectivity index (χ4v) is 2.98. The molecule has 1 unspecified atom stereocenters. The Morgan fingerprint density at radius 3 is 2.90 bits per heavy atom. The molecular formula is C17H30N4. The van der Waals surface area contributed by atoms with E-state index in [4.69, 9.17) is 0 Å². The molecule has 1 saturated heterocycles. The van der Waals surface area contributed by atoms with Crippen molar-refractivity contribution in [3.63, 3.8) is 0 Å². The van der Waals surface area contributed by atoms with Crippen LogP contribution in [0.2, 0.25) is 0 Å². The number of likely N-dealkylation sites (N-methyl/N-ethyl adjacent to an activating group) is 1. The van der Waals surface area contributed by atoms with Crippen LogP contribution in [-0.2, 0) is 6.54 Å². The van der Waals surface area contributed by atoms with Crippen LogP contribution < -0.4 is 10.2 Å². The average molecular weight is 290 g/mol. The highest BCUT2D eigenvalue weighted by atomic mass is 15.2. The molecule has 1 fully saturated rings. The van der Waals surface area contributed by atoms with E-state index in [1.807, 2.05) is 6.20 Å². The van der Waals surface area contributed by atoms with Crippen molar-refractivity contribution >= 4 is 5.69 Å². The van der Waals surface area contributed by atoms with E-state index < -0.39 is 0 Å². The second-order valence-electron chi connectivity index (χ2n) is 6.41. The highest BCUT2D eigenvalue weighted by Crippen LogP contribution is 2.22. The predicted molar refractivity (Wildman–Crippen MR) is 89.8 cm³/mol. The zero-order chi connectivity index (χ0) is 15.2. The summed E-state index contributed by atoms with van der Waals surface area (Å²) < 4.78 is 0. The quantitative estimate of drug-likeness (QED) is 0.903. The first kappa shape index (κ1) is 16.2. The summed E-state index contributed by atoms with van der Waals surface area (Å²) in [7, 11) is 2.23. The molecule has 0 aliphatic carbocycles. The Hall–Kier alpha value is -1.13. The maximum absolute atomic E-state index is 4.50. The molecule has 1 aromatic heterocycles. The molecule has 4 nitrogen and oxygen atoms in total. The van der Waals surface area contributed by atoms with Gasteiger partial charge in [-0.25, -0.2) is 0 Å². The molecule has 1 N–H and O–H groups in total. The molecule has 0 aromatic carbocycles. The van der Waals surface area contributed by atoms with Gasteiger partial charge in [0.25, 0.3) is 0 Å². The fourth-order valence-electron chi connectivity index (χ4n) is 2.98. The van der Waals surface area contributed by atoms with E-state index in [2.05, 4.69) is 60.1 Å². The van der Waals surface area contributed by atoms with Crippen molar-refractivity contribution < 1.29 is 0 Å². The number of hydrogen-bond donors (Lipinski definition) is 1. The summed E-state index contributed by atoms with van der Waals surface area (Å²) in [4.78, 5) is 9.52. The molecule has 21 heavy (non-hydrogen) atoms. The SMILES string of the molecule is CCC1CN(C)CCCN1c1ccnc(CNC(C)C)c1. The van der Waals surface area contributed by atoms with Gasteiger partial charge in [0.1, 0.15) is 0 Å². The summed E-state index contributed by atoms with van der Waals surface area (Å²) in [6, 6.07) is 5.51. The molecule has 0 saturated carbocycles. The minimum Gasteiger partial charge on any atom is -0.367 e. The number of aromatic nitrogens is 1. The van der Waals surface area contributed by atoms with E-state index in [9.17, 15) is 0 Å². The van der Waals surface area contributed by atoms with Crippen LogP contribution in [0, 0.1) is 0 Å². The molecule has 0 radical (unpaired) electrons. The minimum absolute atomic E-state index is 0.491. The molecule has 1 aliphatic rings. The van der Waals surface area contributed by atoms with Crippen LogP contribution in [0.15, 0.2) is 18.3 Å². The van der Waals surface area contributed by atoms with Crippen molar-refractivity contribution in [2.45, 2.75) is 52.2 Å². The molecule has 1 atom stereocenters. The van der Waals surface area contributed by atoms with Crippen LogP contribution in [0.5, 0.6) is 0 Å². The monoisotopic (exact) mass is 290 g/mol. The number of nitrogens with zero attached hydrogens (tertiary/aromatic N) is 3. The van der Waals surface area contributed by atoms with Gasteiger partial charge >= 0.3 is 0 Å². The van der Waals surface area contributed by atoms with Crippen molar-refractivity contribution in [1.82, 2.24) is 15.2 Å². The Morgan fingerprint density at radius 1 is 1.38 bits per heavy atom. The fraction of sp³-hybridized carbons (Fsp3) is 0.706. The van der Waals surface area contributed by atoms with E-state index in [1.54, 1.807) is 0 Å². The first-order chi connectivity index (χ1) is 10.1. The Bertz CT molecular complexity index is 433. The van der Waals surface area contributed by atoms with Gasteiger partial charge in [-0.3, -0.25) is 4.98 Å². The third-order valence-electron chi connectivity index (χ3n) is 4.20. The summed E-state index contributed by atoms with van der Waals surface area (Å²) in [5.74, 6) is 0. The lowest BCUT2D eigenvalue weighted by atomic mass is 10.1. The smallest absolute Gasteiger partial charge is 0.0562 e. The molecule has 0 spiro atoms. The Kier molecular flexibility index (Phi) is 6.00. The van der Waals surface area contributed by atoms with Crippen LogP contribution >= 0.6 is 0 Å². The Morgan fingerprint density at radius 2 is 2.19 bits per heavy atom. The average Bonchev–Trinajstić information content (AvgIpc) is 2.66. The first-order valence-electron chi connectivity index (χ1n) is 8.23. The third-order valence-corrected chi connectivity index (χ3v) is 4.20. The highest BCUT2D eigenvalue weighted by Gasteiger charge is 2.22. The highest BCUT2D eigenvalue weighted by molar-refractivity contribution is 5.48. The van der Waals surface area contributed by atoms with Crippen molar-refractivity contribution in [2.24, 2.45) is 0 Å². The normalized spacial score (nSPS) is 20.8. The van der Waals surface area contributed by atoms with E-state index in [1.165, 1.54) is 25.1 Å². The summed E-state index contributed by atoms with van der Waals surface area (Å²) in [5.41, 5.74) is 2.46. The Labute approximate surface area is 129 Å². The van der Waals surface area contributed by atoms with Crippen LogP contribution in [0.3, 0.4) is 0 Å². The van der Waals surface area contributed by atoms with E-state index >= 15 is 0 Å². The van der Waals surface area contributed by atoms with Gasteiger partial charge in [0.15, 0.2) is 0 Å². The summed E-state index contributed by atoms with van der Waals surface area (Å²) in [5, 5.41) is 3.45. The number of rotatable bonds is 5. The van der Waals surface area contributed by atoms with Gasteiger partial charge in [-0.2, -0.15) is 0 Å². The number of pyridine rings is 1. The van der Waals surface area contributed by atoms with Crippen LogP contribution in [0.25, 0.3) is 0 Å². The molecule has 1 aromatic rings. The molecule has 1 aliphatic heterocycles. The van der Waals surface area contributed by atoms with Crippen LogP contribution in [0.1, 0.15) is 39.3 Å². The van der Waals surface area contributed by atoms with Gasteiger partial charge in [-0.1, -0.05) is 20.8 Å². The van der Waals surface area contributed by atoms with Gasteiger partial charge in [-0.05, 0) is 38.6 Å². The second kappa shape index (κ2) is 7.76. The number of nitrogens with one attached hydrogen (secondary N) is 1. The second-order valence-corrected chi connectivity index (χ2v) is 6.41. The van der Waals surface area contributed by atoms with E-state index in [0.717, 1.165) is 25.3 Å². The van der Waals surface area contributed by atoms with E-state index in [-0.39, 0.29) is 0 Å². The first-order valence-corrected chi connectivity index (χ1v) is 8.23. The summed E-state index contributed by atoms with van der Waals surface area (Å²) >= 11 is 0. The predicted octanol–water partition coefficient (Wildman–Crippen LogP) is 2.50. The van der Waals surface area contributed by atoms with Gasteiger partial charge < -0.3 is 15.1 Å². The molecular weight excluding hydrogens is 260 g/mol. The van der Waals surface area contributed by atoms with Gasteiger partial charge in [0.2, 0.25) is 0 Å². The molecule has 118 valence electrons. The standard InChI is InChI=1S/C17H30N4/c1-5-16-13-20(4)9-6-10-21(16)17-7-8-18-15(11-17)12-19-14(2)3/h7-8,11,14,16,19H,5-6,9-10,12-13H2,1-4H3. The van der Waals surface area contributed by atoms with Crippen LogP contribution in [0.4, 0.5) is 5.69 Å². The van der Waals surface area contributed by atoms with Crippen molar-refractivity contribution in [3.8, 4) is 0 Å². The molecule has 0 amide bonds. The lowest BCUT2D eigenvalue weighted by Gasteiger charge is -2.32. The topological polar surface area (TPSA) is 31.4 Å². The van der Waals surface area contributed by atoms with Gasteiger partial charge in [0, 0.05) is 43.6 Å². The van der Waals surface area contributed by atoms with Crippen molar-refractivity contribution in [1.29, 1.82) is 0 Å². The molecule has 2 heterocycles. The zero-order valence-corrected chi connectivity index (χ0v) is 14.0. The maximum Gasteiger partial charge on any atom is 0.0562 e. The Balaban J connectivity index is 2.13. The lowest BCUT2D eigenvalue weighted by Crippen LogP contribution is -2.39. The molecule has 4 heteroatoms. The van der Waals surface area contributed by atoms with Crippen LogP contribution in [-0.4, -0.2) is 48.6 Å². The van der Waals surface area contributed by atoms with E-state index in [0.29, 0.717) is 12.1 Å². The van der Waals surface area contributed by atoms with Gasteiger partial charge in [0.05, 0.1) is 5.69 Å². The third kappa shape index (κ3) is 4.68. The number of hydrogen-bond acceptors (Lipinski definition) is 4. The molecule has 0 bridgehead atoms.